The number of hydrogen-bond donors (Lipinski definition) is 1. The smallest absolute Gasteiger partial charge is 0.236 e. The molecule has 2 heterocycles. The normalized spacial score (nSPS) is 17.5. The summed E-state index contributed by atoms with van der Waals surface area (Å²) in [5.41, 5.74) is 2.99. The highest BCUT2D eigenvalue weighted by Gasteiger charge is 2.30. The summed E-state index contributed by atoms with van der Waals surface area (Å²) in [5.74, 6) is 0.309. The number of halogens is 1. The molecular formula is C15H14FN5O. The first-order valence-corrected chi connectivity index (χ1v) is 7.22. The van der Waals surface area contributed by atoms with Gasteiger partial charge in [0.2, 0.25) is 11.7 Å². The van der Waals surface area contributed by atoms with E-state index in [9.17, 15) is 4.39 Å². The standard InChI is InChI=1S/C15H14FN5O/c1-8-5-6-9(11(16)7-8)14-17-15(22-20-14)10-3-2-4-12-13(10)19-21-18-12/h5-7,10H,2-4H2,1H3,(H,18,19,21). The Bertz CT molecular complexity index is 825. The lowest BCUT2D eigenvalue weighted by atomic mass is 9.90. The van der Waals surface area contributed by atoms with Crippen LogP contribution >= 0.6 is 0 Å². The molecule has 3 aromatic rings. The number of benzene rings is 1. The van der Waals surface area contributed by atoms with Crippen LogP contribution in [0.5, 0.6) is 0 Å². The van der Waals surface area contributed by atoms with Gasteiger partial charge in [-0.25, -0.2) is 4.39 Å². The molecule has 2 aromatic heterocycles. The van der Waals surface area contributed by atoms with E-state index >= 15 is 0 Å². The zero-order chi connectivity index (χ0) is 15.1. The summed E-state index contributed by atoms with van der Waals surface area (Å²) in [6.45, 7) is 1.84. The molecule has 0 amide bonds. The van der Waals surface area contributed by atoms with Gasteiger partial charge in [0.25, 0.3) is 0 Å². The Labute approximate surface area is 125 Å². The molecule has 0 saturated carbocycles. The molecule has 0 fully saturated rings. The van der Waals surface area contributed by atoms with Crippen molar-refractivity contribution in [1.82, 2.24) is 25.6 Å². The summed E-state index contributed by atoms with van der Waals surface area (Å²) in [6.07, 6.45) is 2.76. The third kappa shape index (κ3) is 2.09. The minimum absolute atomic E-state index is 0.0720. The molecule has 0 saturated heterocycles. The zero-order valence-electron chi connectivity index (χ0n) is 12.0. The van der Waals surface area contributed by atoms with E-state index in [2.05, 4.69) is 25.6 Å². The Morgan fingerprint density at radius 2 is 2.23 bits per heavy atom. The monoisotopic (exact) mass is 299 g/mol. The van der Waals surface area contributed by atoms with E-state index in [0.717, 1.165) is 36.2 Å². The number of aryl methyl sites for hydroxylation is 2. The van der Waals surface area contributed by atoms with Crippen LogP contribution in [0, 0.1) is 12.7 Å². The maximum absolute atomic E-state index is 14.0. The quantitative estimate of drug-likeness (QED) is 0.787. The lowest BCUT2D eigenvalue weighted by molar-refractivity contribution is 0.352. The average Bonchev–Trinajstić information content (AvgIpc) is 3.15. The maximum Gasteiger partial charge on any atom is 0.236 e. The molecule has 1 aliphatic carbocycles. The first kappa shape index (κ1) is 13.1. The Morgan fingerprint density at radius 1 is 1.32 bits per heavy atom. The first-order valence-electron chi connectivity index (χ1n) is 7.22. The third-order valence-corrected chi connectivity index (χ3v) is 3.99. The minimum Gasteiger partial charge on any atom is -0.338 e. The van der Waals surface area contributed by atoms with Crippen molar-refractivity contribution < 1.29 is 8.91 Å². The molecule has 22 heavy (non-hydrogen) atoms. The van der Waals surface area contributed by atoms with Crippen LogP contribution in [0.2, 0.25) is 0 Å². The van der Waals surface area contributed by atoms with Gasteiger partial charge in [0, 0.05) is 0 Å². The van der Waals surface area contributed by atoms with E-state index in [0.29, 0.717) is 11.5 Å². The van der Waals surface area contributed by atoms with Gasteiger partial charge in [-0.2, -0.15) is 20.4 Å². The van der Waals surface area contributed by atoms with Crippen molar-refractivity contribution in [3.8, 4) is 11.4 Å². The highest BCUT2D eigenvalue weighted by atomic mass is 19.1. The summed E-state index contributed by atoms with van der Waals surface area (Å²) in [5, 5.41) is 14.9. The Morgan fingerprint density at radius 3 is 3.09 bits per heavy atom. The lowest BCUT2D eigenvalue weighted by Crippen LogP contribution is -2.11. The van der Waals surface area contributed by atoms with Gasteiger partial charge >= 0.3 is 0 Å². The second-order valence-corrected chi connectivity index (χ2v) is 5.54. The fourth-order valence-corrected chi connectivity index (χ4v) is 2.86. The molecule has 1 atom stereocenters. The molecule has 6 nitrogen and oxygen atoms in total. The highest BCUT2D eigenvalue weighted by Crippen LogP contribution is 2.34. The molecule has 1 N–H and O–H groups in total. The molecule has 4 rings (SSSR count). The predicted molar refractivity (Wildman–Crippen MR) is 75.6 cm³/mol. The highest BCUT2D eigenvalue weighted by molar-refractivity contribution is 5.56. The number of nitrogens with one attached hydrogen (secondary N) is 1. The Hall–Kier alpha value is -2.57. The molecule has 0 radical (unpaired) electrons. The van der Waals surface area contributed by atoms with Gasteiger partial charge in [-0.3, -0.25) is 0 Å². The Kier molecular flexibility index (Phi) is 2.99. The van der Waals surface area contributed by atoms with Crippen LogP contribution in [0.4, 0.5) is 4.39 Å². The number of aromatic amines is 1. The van der Waals surface area contributed by atoms with Crippen molar-refractivity contribution in [3.05, 3.63) is 46.9 Å². The number of nitrogens with zero attached hydrogens (tertiary/aromatic N) is 4. The summed E-state index contributed by atoms with van der Waals surface area (Å²) < 4.78 is 19.4. The van der Waals surface area contributed by atoms with Gasteiger partial charge in [0.15, 0.2) is 0 Å². The zero-order valence-corrected chi connectivity index (χ0v) is 12.0. The summed E-state index contributed by atoms with van der Waals surface area (Å²) in [7, 11) is 0. The largest absolute Gasteiger partial charge is 0.338 e. The number of H-pyrrole nitrogens is 1. The third-order valence-electron chi connectivity index (χ3n) is 3.99. The van der Waals surface area contributed by atoms with E-state index in [1.165, 1.54) is 6.07 Å². The fourth-order valence-electron chi connectivity index (χ4n) is 2.86. The van der Waals surface area contributed by atoms with Crippen LogP contribution in [0.3, 0.4) is 0 Å². The fraction of sp³-hybridized carbons (Fsp3) is 0.333. The van der Waals surface area contributed by atoms with Crippen molar-refractivity contribution >= 4 is 0 Å². The minimum atomic E-state index is -0.349. The maximum atomic E-state index is 14.0. The number of rotatable bonds is 2. The van der Waals surface area contributed by atoms with E-state index < -0.39 is 0 Å². The lowest BCUT2D eigenvalue weighted by Gasteiger charge is -2.15. The number of hydrogen-bond acceptors (Lipinski definition) is 5. The molecule has 0 spiro atoms. The average molecular weight is 299 g/mol. The van der Waals surface area contributed by atoms with Crippen LogP contribution in [-0.4, -0.2) is 25.6 Å². The topological polar surface area (TPSA) is 80.5 Å². The van der Waals surface area contributed by atoms with E-state index in [4.69, 9.17) is 4.52 Å². The van der Waals surface area contributed by atoms with E-state index in [1.807, 2.05) is 13.0 Å². The van der Waals surface area contributed by atoms with E-state index in [-0.39, 0.29) is 17.6 Å². The molecule has 1 aliphatic rings. The second-order valence-electron chi connectivity index (χ2n) is 5.54. The van der Waals surface area contributed by atoms with Crippen LogP contribution in [-0.2, 0) is 6.42 Å². The van der Waals surface area contributed by atoms with Gasteiger partial charge in [0.1, 0.15) is 5.82 Å². The molecule has 112 valence electrons. The van der Waals surface area contributed by atoms with Gasteiger partial charge in [-0.15, -0.1) is 0 Å². The number of aromatic nitrogens is 5. The Balaban J connectivity index is 1.71. The summed E-state index contributed by atoms with van der Waals surface area (Å²) >= 11 is 0. The van der Waals surface area contributed by atoms with Crippen molar-refractivity contribution in [3.63, 3.8) is 0 Å². The molecule has 1 aromatic carbocycles. The van der Waals surface area contributed by atoms with Gasteiger partial charge in [0.05, 0.1) is 22.9 Å². The van der Waals surface area contributed by atoms with Crippen molar-refractivity contribution in [2.45, 2.75) is 32.1 Å². The van der Waals surface area contributed by atoms with Gasteiger partial charge in [-0.05, 0) is 43.9 Å². The van der Waals surface area contributed by atoms with Crippen LogP contribution in [0.1, 0.15) is 41.6 Å². The first-order chi connectivity index (χ1) is 10.7. The molecule has 1 unspecified atom stereocenters. The van der Waals surface area contributed by atoms with Crippen molar-refractivity contribution in [1.29, 1.82) is 0 Å². The molecule has 0 aliphatic heterocycles. The molecule has 0 bridgehead atoms. The molecular weight excluding hydrogens is 285 g/mol. The van der Waals surface area contributed by atoms with E-state index in [1.54, 1.807) is 6.07 Å². The summed E-state index contributed by atoms with van der Waals surface area (Å²) in [4.78, 5) is 4.37. The number of fused-ring (bicyclic) bond motifs is 1. The van der Waals surface area contributed by atoms with Gasteiger partial charge < -0.3 is 4.52 Å². The SMILES string of the molecule is Cc1ccc(-c2noc(C3CCCc4n[nH]nc43)n2)c(F)c1. The summed E-state index contributed by atoms with van der Waals surface area (Å²) in [6, 6.07) is 4.95. The van der Waals surface area contributed by atoms with Crippen molar-refractivity contribution in [2.75, 3.05) is 0 Å². The van der Waals surface area contributed by atoms with Crippen molar-refractivity contribution in [2.24, 2.45) is 0 Å². The van der Waals surface area contributed by atoms with Crippen LogP contribution < -0.4 is 0 Å². The van der Waals surface area contributed by atoms with Gasteiger partial charge in [-0.1, -0.05) is 11.2 Å². The predicted octanol–water partition coefficient (Wildman–Crippen LogP) is 2.77. The second kappa shape index (κ2) is 5.01. The van der Waals surface area contributed by atoms with Crippen LogP contribution in [0.15, 0.2) is 22.7 Å². The van der Waals surface area contributed by atoms with Crippen LogP contribution in [0.25, 0.3) is 11.4 Å². The molecule has 7 heteroatoms.